The van der Waals surface area contributed by atoms with E-state index in [0.717, 1.165) is 10.4 Å². The van der Waals surface area contributed by atoms with Crippen LogP contribution in [0, 0.1) is 5.92 Å². The largest absolute Gasteiger partial charge is 0.344 e. The first-order valence-corrected chi connectivity index (χ1v) is 9.30. The second-order valence-electron chi connectivity index (χ2n) is 5.96. The molecule has 8 heteroatoms. The normalized spacial score (nSPS) is 12.1. The Morgan fingerprint density at radius 2 is 2.00 bits per heavy atom. The van der Waals surface area contributed by atoms with Crippen LogP contribution in [0.1, 0.15) is 31.2 Å². The third kappa shape index (κ3) is 5.70. The van der Waals surface area contributed by atoms with Crippen LogP contribution in [0.3, 0.4) is 0 Å². The summed E-state index contributed by atoms with van der Waals surface area (Å²) in [5.74, 6) is -0.558. The Morgan fingerprint density at radius 3 is 2.60 bits per heavy atom. The maximum Gasteiger partial charge on any atom is 0.248 e. The van der Waals surface area contributed by atoms with Crippen molar-refractivity contribution in [2.24, 2.45) is 5.92 Å². The van der Waals surface area contributed by atoms with E-state index in [4.69, 9.17) is 23.2 Å². The van der Waals surface area contributed by atoms with Crippen LogP contribution in [-0.4, -0.2) is 22.8 Å². The van der Waals surface area contributed by atoms with Crippen LogP contribution in [0.25, 0.3) is 0 Å². The van der Waals surface area contributed by atoms with Crippen molar-refractivity contribution in [1.29, 1.82) is 0 Å². The Labute approximate surface area is 160 Å². The predicted octanol–water partition coefficient (Wildman–Crippen LogP) is 4.14. The number of carbonyl (C=O) groups is 2. The molecule has 0 unspecified atom stereocenters. The zero-order chi connectivity index (χ0) is 18.6. The number of hydrogen-bond donors (Lipinski definition) is 2. The highest BCUT2D eigenvalue weighted by molar-refractivity contribution is 7.15. The van der Waals surface area contributed by atoms with Gasteiger partial charge in [0.15, 0.2) is 5.13 Å². The maximum atomic E-state index is 12.4. The average Bonchev–Trinajstić information content (AvgIpc) is 2.94. The lowest BCUT2D eigenvalue weighted by Crippen LogP contribution is -2.46. The van der Waals surface area contributed by atoms with Gasteiger partial charge in [-0.15, -0.1) is 11.3 Å². The molecule has 25 heavy (non-hydrogen) atoms. The van der Waals surface area contributed by atoms with Crippen molar-refractivity contribution in [2.75, 3.05) is 5.32 Å². The van der Waals surface area contributed by atoms with Crippen LogP contribution in [0.15, 0.2) is 24.4 Å². The molecular formula is C17H19Cl2N3O2S. The fourth-order valence-electron chi connectivity index (χ4n) is 2.24. The Kier molecular flexibility index (Phi) is 6.81. The molecule has 0 aliphatic carbocycles. The molecule has 0 fully saturated rings. The molecule has 5 nitrogen and oxygen atoms in total. The number of carbonyl (C=O) groups excluding carboxylic acids is 2. The zero-order valence-corrected chi connectivity index (χ0v) is 16.4. The van der Waals surface area contributed by atoms with Crippen molar-refractivity contribution in [2.45, 2.75) is 33.2 Å². The van der Waals surface area contributed by atoms with Crippen molar-refractivity contribution < 1.29 is 9.59 Å². The van der Waals surface area contributed by atoms with Gasteiger partial charge in [-0.25, -0.2) is 4.98 Å². The van der Waals surface area contributed by atoms with Gasteiger partial charge in [-0.3, -0.25) is 9.59 Å². The molecule has 134 valence electrons. The number of nitrogens with zero attached hydrogens (tertiary/aromatic N) is 1. The molecule has 0 saturated heterocycles. The quantitative estimate of drug-likeness (QED) is 0.766. The number of hydrogen-bond acceptors (Lipinski definition) is 4. The summed E-state index contributed by atoms with van der Waals surface area (Å²) in [6.45, 7) is 5.13. The van der Waals surface area contributed by atoms with Crippen molar-refractivity contribution in [3.63, 3.8) is 0 Å². The number of rotatable bonds is 6. The lowest BCUT2D eigenvalue weighted by molar-refractivity contribution is -0.126. The SMILES string of the molecule is CC(=O)N[C@H](C(=O)Nc1ncc(Cc2ccc(Cl)cc2Cl)s1)C(C)C. The lowest BCUT2D eigenvalue weighted by atomic mass is 10.0. The van der Waals surface area contributed by atoms with E-state index in [9.17, 15) is 9.59 Å². The summed E-state index contributed by atoms with van der Waals surface area (Å²) < 4.78 is 0. The van der Waals surface area contributed by atoms with E-state index in [0.29, 0.717) is 21.6 Å². The van der Waals surface area contributed by atoms with Crippen LogP contribution in [0.5, 0.6) is 0 Å². The summed E-state index contributed by atoms with van der Waals surface area (Å²) in [5, 5.41) is 7.08. The van der Waals surface area contributed by atoms with Crippen molar-refractivity contribution >= 4 is 51.5 Å². The number of anilines is 1. The van der Waals surface area contributed by atoms with E-state index in [2.05, 4.69) is 15.6 Å². The zero-order valence-electron chi connectivity index (χ0n) is 14.1. The van der Waals surface area contributed by atoms with Gasteiger partial charge in [0, 0.05) is 34.5 Å². The summed E-state index contributed by atoms with van der Waals surface area (Å²) in [6, 6.07) is 4.75. The molecule has 1 heterocycles. The van der Waals surface area contributed by atoms with E-state index in [1.807, 2.05) is 19.9 Å². The van der Waals surface area contributed by atoms with Gasteiger partial charge in [0.1, 0.15) is 6.04 Å². The minimum absolute atomic E-state index is 0.0313. The molecule has 1 aromatic heterocycles. The van der Waals surface area contributed by atoms with Gasteiger partial charge in [0.05, 0.1) is 0 Å². The highest BCUT2D eigenvalue weighted by Gasteiger charge is 2.23. The standard InChI is InChI=1S/C17H19Cl2N3O2S/c1-9(2)15(21-10(3)23)16(24)22-17-20-8-13(25-17)6-11-4-5-12(18)7-14(11)19/h4-5,7-9,15H,6H2,1-3H3,(H,21,23)(H,20,22,24)/t15-/m0/s1. The molecule has 1 atom stereocenters. The van der Waals surface area contributed by atoms with Crippen LogP contribution < -0.4 is 10.6 Å². The summed E-state index contributed by atoms with van der Waals surface area (Å²) in [6.07, 6.45) is 2.30. The molecule has 2 aromatic rings. The molecular weight excluding hydrogens is 381 g/mol. The van der Waals surface area contributed by atoms with Crippen LogP contribution >= 0.6 is 34.5 Å². The first-order chi connectivity index (χ1) is 11.8. The van der Waals surface area contributed by atoms with Crippen LogP contribution in [0.2, 0.25) is 10.0 Å². The predicted molar refractivity (Wildman–Crippen MR) is 102 cm³/mol. The Bertz CT molecular complexity index is 777. The topological polar surface area (TPSA) is 71.1 Å². The fourth-order valence-corrected chi connectivity index (χ4v) is 3.55. The molecule has 0 spiro atoms. The lowest BCUT2D eigenvalue weighted by Gasteiger charge is -2.20. The van der Waals surface area contributed by atoms with E-state index in [1.54, 1.807) is 18.3 Å². The number of aromatic nitrogens is 1. The van der Waals surface area contributed by atoms with Crippen molar-refractivity contribution in [3.8, 4) is 0 Å². The number of amides is 2. The molecule has 2 amide bonds. The van der Waals surface area contributed by atoms with E-state index in [1.165, 1.54) is 18.3 Å². The van der Waals surface area contributed by atoms with Gasteiger partial charge in [0.25, 0.3) is 0 Å². The van der Waals surface area contributed by atoms with Gasteiger partial charge in [-0.2, -0.15) is 0 Å². The highest BCUT2D eigenvalue weighted by atomic mass is 35.5. The summed E-state index contributed by atoms with van der Waals surface area (Å²) in [7, 11) is 0. The number of benzene rings is 1. The van der Waals surface area contributed by atoms with Gasteiger partial charge < -0.3 is 10.6 Å². The summed E-state index contributed by atoms with van der Waals surface area (Å²) in [4.78, 5) is 28.8. The number of nitrogens with one attached hydrogen (secondary N) is 2. The van der Waals surface area contributed by atoms with E-state index >= 15 is 0 Å². The summed E-state index contributed by atoms with van der Waals surface area (Å²) in [5.41, 5.74) is 0.936. The van der Waals surface area contributed by atoms with E-state index in [-0.39, 0.29) is 17.7 Å². The van der Waals surface area contributed by atoms with Crippen molar-refractivity contribution in [1.82, 2.24) is 10.3 Å². The van der Waals surface area contributed by atoms with Gasteiger partial charge >= 0.3 is 0 Å². The third-order valence-corrected chi connectivity index (χ3v) is 4.97. The Balaban J connectivity index is 2.05. The van der Waals surface area contributed by atoms with Crippen molar-refractivity contribution in [3.05, 3.63) is 44.9 Å². The van der Waals surface area contributed by atoms with E-state index < -0.39 is 6.04 Å². The van der Waals surface area contributed by atoms with Gasteiger partial charge in [-0.1, -0.05) is 43.1 Å². The first kappa shape index (κ1) is 19.7. The van der Waals surface area contributed by atoms with Gasteiger partial charge in [0.2, 0.25) is 11.8 Å². The Hall–Kier alpha value is -1.63. The highest BCUT2D eigenvalue weighted by Crippen LogP contribution is 2.27. The third-order valence-electron chi connectivity index (χ3n) is 3.47. The molecule has 0 radical (unpaired) electrons. The molecule has 0 bridgehead atoms. The number of halogens is 2. The molecule has 0 saturated carbocycles. The molecule has 2 N–H and O–H groups in total. The van der Waals surface area contributed by atoms with Gasteiger partial charge in [-0.05, 0) is 23.6 Å². The second kappa shape index (κ2) is 8.65. The first-order valence-electron chi connectivity index (χ1n) is 7.73. The number of thiazole rings is 1. The molecule has 2 rings (SSSR count). The second-order valence-corrected chi connectivity index (χ2v) is 7.91. The average molecular weight is 400 g/mol. The molecule has 1 aromatic carbocycles. The minimum atomic E-state index is -0.601. The minimum Gasteiger partial charge on any atom is -0.344 e. The smallest absolute Gasteiger partial charge is 0.248 e. The fraction of sp³-hybridized carbons (Fsp3) is 0.353. The van der Waals surface area contributed by atoms with Crippen LogP contribution in [0.4, 0.5) is 5.13 Å². The Morgan fingerprint density at radius 1 is 1.28 bits per heavy atom. The monoisotopic (exact) mass is 399 g/mol. The molecule has 0 aliphatic heterocycles. The van der Waals surface area contributed by atoms with Crippen LogP contribution in [-0.2, 0) is 16.0 Å². The summed E-state index contributed by atoms with van der Waals surface area (Å²) >= 11 is 13.5. The maximum absolute atomic E-state index is 12.4. The molecule has 0 aliphatic rings.